The lowest BCUT2D eigenvalue weighted by atomic mass is 10.1. The summed E-state index contributed by atoms with van der Waals surface area (Å²) in [4.78, 5) is 7.92. The number of halogens is 1. The summed E-state index contributed by atoms with van der Waals surface area (Å²) in [6.45, 7) is -0.144. The second-order valence-electron chi connectivity index (χ2n) is 7.43. The monoisotopic (exact) mass is 519 g/mol. The van der Waals surface area contributed by atoms with Gasteiger partial charge in [0.2, 0.25) is 16.0 Å². The molecule has 4 rings (SSSR count). The molecule has 0 aliphatic carbocycles. The summed E-state index contributed by atoms with van der Waals surface area (Å²) in [5, 5.41) is 33.0. The van der Waals surface area contributed by atoms with E-state index in [-0.39, 0.29) is 29.8 Å². The van der Waals surface area contributed by atoms with Crippen LogP contribution in [0.4, 0.5) is 27.5 Å². The molecule has 0 saturated heterocycles. The number of benzene rings is 2. The van der Waals surface area contributed by atoms with E-state index < -0.39 is 15.8 Å². The zero-order valence-corrected chi connectivity index (χ0v) is 19.8. The maximum atomic E-state index is 14.6. The molecule has 0 bridgehead atoms. The number of rotatable bonds is 9. The van der Waals surface area contributed by atoms with Gasteiger partial charge in [-0.15, -0.1) is 0 Å². The van der Waals surface area contributed by atoms with Crippen LogP contribution in [0.25, 0.3) is 11.3 Å². The summed E-state index contributed by atoms with van der Waals surface area (Å²) in [5.41, 5.74) is 1.74. The van der Waals surface area contributed by atoms with Gasteiger partial charge in [0.15, 0.2) is 18.2 Å². The molecule has 0 aliphatic heterocycles. The number of sulfonamides is 1. The van der Waals surface area contributed by atoms with Crippen LogP contribution in [0, 0.1) is 28.5 Å². The Morgan fingerprint density at radius 2 is 1.89 bits per heavy atom. The van der Waals surface area contributed by atoms with Gasteiger partial charge in [0, 0.05) is 23.1 Å². The summed E-state index contributed by atoms with van der Waals surface area (Å²) in [6.07, 6.45) is 2.58. The van der Waals surface area contributed by atoms with Crippen molar-refractivity contribution in [2.24, 2.45) is 5.14 Å². The second kappa shape index (κ2) is 10.7. The molecule has 0 fully saturated rings. The number of primary sulfonamides is 1. The highest BCUT2D eigenvalue weighted by atomic mass is 32.2. The Morgan fingerprint density at radius 3 is 2.65 bits per heavy atom. The number of aromatic nitrogens is 4. The van der Waals surface area contributed by atoms with Crippen molar-refractivity contribution in [2.75, 3.05) is 17.2 Å². The molecule has 186 valence electrons. The third kappa shape index (κ3) is 6.15. The molecule has 0 unspecified atom stereocenters. The third-order valence-electron chi connectivity index (χ3n) is 4.85. The third-order valence-corrected chi connectivity index (χ3v) is 5.76. The van der Waals surface area contributed by atoms with Crippen LogP contribution in [-0.4, -0.2) is 34.8 Å². The number of nitrogens with one attached hydrogen (secondary N) is 2. The lowest BCUT2D eigenvalue weighted by Gasteiger charge is -2.13. The molecule has 0 spiro atoms. The van der Waals surface area contributed by atoms with Crippen molar-refractivity contribution in [1.29, 1.82) is 10.5 Å². The molecule has 0 radical (unpaired) electrons. The summed E-state index contributed by atoms with van der Waals surface area (Å²) in [7, 11) is -3.92. The lowest BCUT2D eigenvalue weighted by Crippen LogP contribution is -2.12. The van der Waals surface area contributed by atoms with Gasteiger partial charge in [0.25, 0.3) is 0 Å². The number of nitriles is 2. The van der Waals surface area contributed by atoms with Crippen LogP contribution in [0.2, 0.25) is 0 Å². The van der Waals surface area contributed by atoms with Crippen molar-refractivity contribution < 1.29 is 17.5 Å². The normalized spacial score (nSPS) is 10.8. The number of nitrogens with zero attached hydrogens (tertiary/aromatic N) is 6. The number of ether oxygens (including phenoxy) is 1. The molecular formula is C23H18FN9O3S. The predicted octanol–water partition coefficient (Wildman–Crippen LogP) is 3.04. The zero-order chi connectivity index (χ0) is 26.4. The van der Waals surface area contributed by atoms with Gasteiger partial charge in [-0.2, -0.15) is 20.6 Å². The van der Waals surface area contributed by atoms with E-state index in [2.05, 4.69) is 25.7 Å². The number of hydrogen-bond acceptors (Lipinski definition) is 10. The Balaban J connectivity index is 1.62. The number of anilines is 4. The summed E-state index contributed by atoms with van der Waals surface area (Å²) in [5.74, 6) is -0.533. The second-order valence-corrected chi connectivity index (χ2v) is 8.99. The first kappa shape index (κ1) is 25.1. The smallest absolute Gasteiger partial charge is 0.238 e. The molecule has 12 nitrogen and oxygen atoms in total. The van der Waals surface area contributed by atoms with Crippen LogP contribution in [-0.2, 0) is 16.6 Å². The molecule has 4 N–H and O–H groups in total. The van der Waals surface area contributed by atoms with E-state index in [0.717, 1.165) is 6.20 Å². The quantitative estimate of drug-likeness (QED) is 0.297. The predicted molar refractivity (Wildman–Crippen MR) is 131 cm³/mol. The molecule has 2 aromatic carbocycles. The zero-order valence-electron chi connectivity index (χ0n) is 19.0. The maximum absolute atomic E-state index is 14.6. The van der Waals surface area contributed by atoms with Gasteiger partial charge in [-0.3, -0.25) is 4.68 Å². The van der Waals surface area contributed by atoms with Gasteiger partial charge in [-0.25, -0.2) is 22.9 Å². The Labute approximate surface area is 210 Å². The van der Waals surface area contributed by atoms with Crippen molar-refractivity contribution >= 4 is 33.2 Å². The van der Waals surface area contributed by atoms with E-state index in [1.807, 2.05) is 12.1 Å². The van der Waals surface area contributed by atoms with E-state index >= 15 is 0 Å². The van der Waals surface area contributed by atoms with Gasteiger partial charge in [0.05, 0.1) is 22.9 Å². The van der Waals surface area contributed by atoms with Gasteiger partial charge in [-0.05, 0) is 42.5 Å². The Hall–Kier alpha value is -5.05. The highest BCUT2D eigenvalue weighted by molar-refractivity contribution is 7.89. The maximum Gasteiger partial charge on any atom is 0.238 e. The number of nitrogens with two attached hydrogens (primary N) is 1. The fourth-order valence-electron chi connectivity index (χ4n) is 3.24. The van der Waals surface area contributed by atoms with Gasteiger partial charge in [-0.1, -0.05) is 6.07 Å². The van der Waals surface area contributed by atoms with Gasteiger partial charge >= 0.3 is 0 Å². The fourth-order valence-corrected chi connectivity index (χ4v) is 3.80. The summed E-state index contributed by atoms with van der Waals surface area (Å²) >= 11 is 0. The summed E-state index contributed by atoms with van der Waals surface area (Å²) in [6, 6.07) is 16.1. The highest BCUT2D eigenvalue weighted by Crippen LogP contribution is 2.33. The molecule has 4 aromatic rings. The Kier molecular flexibility index (Phi) is 7.24. The van der Waals surface area contributed by atoms with E-state index in [1.165, 1.54) is 22.9 Å². The Morgan fingerprint density at radius 1 is 1.08 bits per heavy atom. The van der Waals surface area contributed by atoms with Gasteiger partial charge in [0.1, 0.15) is 18.4 Å². The molecule has 0 saturated carbocycles. The van der Waals surface area contributed by atoms with Crippen molar-refractivity contribution in [3.8, 4) is 29.1 Å². The van der Waals surface area contributed by atoms with Crippen molar-refractivity contribution in [3.63, 3.8) is 0 Å². The van der Waals surface area contributed by atoms with Crippen LogP contribution >= 0.6 is 0 Å². The molecule has 0 atom stereocenters. The Bertz CT molecular complexity index is 1640. The average molecular weight is 520 g/mol. The molecule has 0 amide bonds. The topological polar surface area (TPSA) is 185 Å². The first-order valence-electron chi connectivity index (χ1n) is 10.5. The molecule has 2 aromatic heterocycles. The van der Waals surface area contributed by atoms with Crippen LogP contribution in [0.1, 0.15) is 0 Å². The van der Waals surface area contributed by atoms with Gasteiger partial charge < -0.3 is 15.4 Å². The SMILES string of the molecule is N#CCOc1ccc(Nc2nc(Nc3cccc(S(N)(=O)=O)c3)ncc2F)cc1-c1ccn(CC#N)n1. The van der Waals surface area contributed by atoms with E-state index in [1.54, 1.807) is 36.5 Å². The minimum Gasteiger partial charge on any atom is -0.478 e. The van der Waals surface area contributed by atoms with Crippen molar-refractivity contribution in [1.82, 2.24) is 19.7 Å². The largest absolute Gasteiger partial charge is 0.478 e. The highest BCUT2D eigenvalue weighted by Gasteiger charge is 2.14. The first-order chi connectivity index (χ1) is 17.8. The van der Waals surface area contributed by atoms with E-state index in [4.69, 9.17) is 20.4 Å². The molecule has 0 aliphatic rings. The molecule has 14 heteroatoms. The lowest BCUT2D eigenvalue weighted by molar-refractivity contribution is 0.369. The van der Waals surface area contributed by atoms with Crippen LogP contribution in [0.3, 0.4) is 0 Å². The van der Waals surface area contributed by atoms with Crippen molar-refractivity contribution in [2.45, 2.75) is 11.4 Å². The average Bonchev–Trinajstić information content (AvgIpc) is 3.33. The fraction of sp³-hybridized carbons (Fsp3) is 0.0870. The minimum absolute atomic E-state index is 0.0000805. The van der Waals surface area contributed by atoms with Crippen LogP contribution in [0.15, 0.2) is 65.8 Å². The van der Waals surface area contributed by atoms with E-state index in [9.17, 15) is 12.8 Å². The minimum atomic E-state index is -3.92. The summed E-state index contributed by atoms with van der Waals surface area (Å²) < 4.78 is 44.7. The molecular weight excluding hydrogens is 501 g/mol. The van der Waals surface area contributed by atoms with Crippen LogP contribution < -0.4 is 20.5 Å². The van der Waals surface area contributed by atoms with Crippen LogP contribution in [0.5, 0.6) is 5.75 Å². The first-order valence-corrected chi connectivity index (χ1v) is 12.1. The van der Waals surface area contributed by atoms with Crippen molar-refractivity contribution in [3.05, 3.63) is 66.7 Å². The number of hydrogen-bond donors (Lipinski definition) is 3. The molecule has 37 heavy (non-hydrogen) atoms. The van der Waals surface area contributed by atoms with E-state index in [0.29, 0.717) is 28.4 Å². The molecule has 2 heterocycles. The standard InChI is InChI=1S/C23H18FN9O3S/c24-19-14-28-23(30-15-2-1-3-17(12-15)37(27,34)35)31-22(19)29-16-4-5-21(36-11-8-26)18(13-16)20-6-9-33(32-20)10-7-25/h1-6,9,12-14H,10-11H2,(H2,27,34,35)(H2,28,29,30,31).